The fraction of sp³-hybridized carbons (Fsp3) is 0.294. The summed E-state index contributed by atoms with van der Waals surface area (Å²) in [6, 6.07) is 23.5. The molecule has 2 aromatic carbocycles. The van der Waals surface area contributed by atoms with E-state index in [-0.39, 0.29) is 7.92 Å². The average Bonchev–Trinajstić information content (AvgIpc) is 2.40. The van der Waals surface area contributed by atoms with E-state index in [4.69, 9.17) is 0 Å². The summed E-state index contributed by atoms with van der Waals surface area (Å²) in [4.78, 5) is 0. The molecule has 0 atom stereocenters. The Morgan fingerprint density at radius 1 is 0.737 bits per heavy atom. The van der Waals surface area contributed by atoms with Crippen LogP contribution >= 0.6 is 7.92 Å². The lowest BCUT2D eigenvalue weighted by Crippen LogP contribution is -2.23. The second kappa shape index (κ2) is 6.50. The first-order valence-corrected chi connectivity index (χ1v) is 12.2. The standard InChI is InChI=1S/C17H23PSi/c1-19(2,3)15-14-18(16-10-6-4-7-11-16)17-12-8-5-9-13-17/h4-13H,14-15H2,1-3H3. The normalized spacial score (nSPS) is 11.8. The summed E-state index contributed by atoms with van der Waals surface area (Å²) in [5.41, 5.74) is 0. The van der Waals surface area contributed by atoms with Crippen molar-refractivity contribution in [1.82, 2.24) is 0 Å². The van der Waals surface area contributed by atoms with Gasteiger partial charge in [0.25, 0.3) is 0 Å². The summed E-state index contributed by atoms with van der Waals surface area (Å²) < 4.78 is 0. The SMILES string of the molecule is C[Si](C)(C)CCP(c1ccccc1)c1ccccc1. The maximum atomic E-state index is 2.47. The summed E-state index contributed by atoms with van der Waals surface area (Å²) in [6.07, 6.45) is 1.33. The highest BCUT2D eigenvalue weighted by Gasteiger charge is 2.19. The lowest BCUT2D eigenvalue weighted by Gasteiger charge is -2.23. The molecule has 0 unspecified atom stereocenters. The fourth-order valence-corrected chi connectivity index (χ4v) is 7.53. The highest BCUT2D eigenvalue weighted by atomic mass is 31.1. The molecule has 0 aliphatic carbocycles. The van der Waals surface area contributed by atoms with E-state index in [1.54, 1.807) is 0 Å². The molecular weight excluding hydrogens is 263 g/mol. The number of benzene rings is 2. The van der Waals surface area contributed by atoms with Crippen LogP contribution in [0.15, 0.2) is 60.7 Å². The van der Waals surface area contributed by atoms with Crippen LogP contribution in [-0.2, 0) is 0 Å². The van der Waals surface area contributed by atoms with Crippen molar-refractivity contribution >= 4 is 26.6 Å². The van der Waals surface area contributed by atoms with Crippen LogP contribution in [0.25, 0.3) is 0 Å². The molecule has 0 saturated heterocycles. The molecule has 0 heterocycles. The minimum Gasteiger partial charge on any atom is -0.0695 e. The molecule has 0 nitrogen and oxygen atoms in total. The molecule has 0 aromatic heterocycles. The number of rotatable bonds is 5. The molecule has 0 amide bonds. The topological polar surface area (TPSA) is 0 Å². The third kappa shape index (κ3) is 4.60. The summed E-state index contributed by atoms with van der Waals surface area (Å²) in [7, 11) is -1.15. The zero-order valence-corrected chi connectivity index (χ0v) is 14.0. The summed E-state index contributed by atoms with van der Waals surface area (Å²) in [5.74, 6) is 0. The molecule has 0 saturated carbocycles. The molecule has 0 fully saturated rings. The molecule has 19 heavy (non-hydrogen) atoms. The molecular formula is C17H23PSi. The summed E-state index contributed by atoms with van der Waals surface area (Å²) in [5, 5.41) is 3.03. The van der Waals surface area contributed by atoms with Crippen molar-refractivity contribution in [2.45, 2.75) is 25.7 Å². The first-order valence-electron chi connectivity index (χ1n) is 6.94. The first-order chi connectivity index (χ1) is 9.06. The Morgan fingerprint density at radius 2 is 1.16 bits per heavy atom. The Hall–Kier alpha value is -0.913. The van der Waals surface area contributed by atoms with Crippen molar-refractivity contribution in [1.29, 1.82) is 0 Å². The Kier molecular flexibility index (Phi) is 4.96. The first kappa shape index (κ1) is 14.5. The van der Waals surface area contributed by atoms with Crippen molar-refractivity contribution in [2.75, 3.05) is 6.16 Å². The van der Waals surface area contributed by atoms with Crippen LogP contribution in [0.5, 0.6) is 0 Å². The van der Waals surface area contributed by atoms with Gasteiger partial charge in [-0.25, -0.2) is 0 Å². The highest BCUT2D eigenvalue weighted by Crippen LogP contribution is 2.35. The van der Waals surface area contributed by atoms with Crippen LogP contribution in [0.3, 0.4) is 0 Å². The zero-order valence-electron chi connectivity index (χ0n) is 12.1. The minimum absolute atomic E-state index is 0.180. The second-order valence-corrected chi connectivity index (χ2v) is 14.1. The fourth-order valence-electron chi connectivity index (χ4n) is 2.07. The van der Waals surface area contributed by atoms with E-state index in [0.29, 0.717) is 0 Å². The van der Waals surface area contributed by atoms with E-state index in [0.717, 1.165) is 0 Å². The number of hydrogen-bond donors (Lipinski definition) is 0. The second-order valence-electron chi connectivity index (χ2n) is 6.13. The van der Waals surface area contributed by atoms with E-state index in [1.807, 2.05) is 0 Å². The third-order valence-corrected chi connectivity index (χ3v) is 7.91. The van der Waals surface area contributed by atoms with Crippen LogP contribution in [0.4, 0.5) is 0 Å². The van der Waals surface area contributed by atoms with Gasteiger partial charge in [-0.2, -0.15) is 0 Å². The van der Waals surface area contributed by atoms with Gasteiger partial charge in [-0.05, 0) is 24.7 Å². The molecule has 0 N–H and O–H groups in total. The van der Waals surface area contributed by atoms with Crippen molar-refractivity contribution in [3.05, 3.63) is 60.7 Å². The Morgan fingerprint density at radius 3 is 1.53 bits per heavy atom. The Balaban J connectivity index is 2.24. The van der Waals surface area contributed by atoms with Crippen LogP contribution in [0.1, 0.15) is 0 Å². The molecule has 0 spiro atoms. The van der Waals surface area contributed by atoms with Crippen molar-refractivity contribution in [3.63, 3.8) is 0 Å². The zero-order chi connectivity index (χ0) is 13.7. The Labute approximate surface area is 119 Å². The van der Waals surface area contributed by atoms with Crippen molar-refractivity contribution in [2.24, 2.45) is 0 Å². The van der Waals surface area contributed by atoms with Crippen LogP contribution in [0, 0.1) is 0 Å². The van der Waals surface area contributed by atoms with Crippen LogP contribution in [0.2, 0.25) is 25.7 Å². The third-order valence-electron chi connectivity index (χ3n) is 3.22. The molecule has 0 aliphatic rings. The Bertz CT molecular complexity index is 448. The number of hydrogen-bond acceptors (Lipinski definition) is 0. The van der Waals surface area contributed by atoms with Gasteiger partial charge in [-0.15, -0.1) is 0 Å². The van der Waals surface area contributed by atoms with E-state index >= 15 is 0 Å². The van der Waals surface area contributed by atoms with Gasteiger partial charge in [0.05, 0.1) is 0 Å². The van der Waals surface area contributed by atoms with Crippen LogP contribution in [-0.4, -0.2) is 14.2 Å². The van der Waals surface area contributed by atoms with E-state index < -0.39 is 8.07 Å². The highest BCUT2D eigenvalue weighted by molar-refractivity contribution is 7.73. The maximum Gasteiger partial charge on any atom is 0.0446 e. The van der Waals surface area contributed by atoms with Gasteiger partial charge in [-0.3, -0.25) is 0 Å². The smallest absolute Gasteiger partial charge is 0.0446 e. The monoisotopic (exact) mass is 286 g/mol. The summed E-state index contributed by atoms with van der Waals surface area (Å²) in [6.45, 7) is 7.41. The average molecular weight is 286 g/mol. The van der Waals surface area contributed by atoms with E-state index in [1.165, 1.54) is 22.8 Å². The van der Waals surface area contributed by atoms with E-state index in [2.05, 4.69) is 80.3 Å². The molecule has 0 bridgehead atoms. The van der Waals surface area contributed by atoms with E-state index in [9.17, 15) is 0 Å². The van der Waals surface area contributed by atoms with Gasteiger partial charge < -0.3 is 0 Å². The predicted molar refractivity (Wildman–Crippen MR) is 92.1 cm³/mol. The molecule has 0 radical (unpaired) electrons. The summed E-state index contributed by atoms with van der Waals surface area (Å²) >= 11 is 0. The molecule has 2 aromatic rings. The van der Waals surface area contributed by atoms with Gasteiger partial charge >= 0.3 is 0 Å². The molecule has 100 valence electrons. The maximum absolute atomic E-state index is 2.47. The lowest BCUT2D eigenvalue weighted by atomic mass is 10.4. The van der Waals surface area contributed by atoms with Crippen molar-refractivity contribution in [3.8, 4) is 0 Å². The van der Waals surface area contributed by atoms with Gasteiger partial charge in [0, 0.05) is 8.07 Å². The predicted octanol–water partition coefficient (Wildman–Crippen LogP) is 4.46. The van der Waals surface area contributed by atoms with Gasteiger partial charge in [0.2, 0.25) is 0 Å². The van der Waals surface area contributed by atoms with Crippen molar-refractivity contribution < 1.29 is 0 Å². The molecule has 2 heteroatoms. The van der Waals surface area contributed by atoms with Gasteiger partial charge in [-0.1, -0.05) is 86.3 Å². The van der Waals surface area contributed by atoms with Gasteiger partial charge in [0.15, 0.2) is 0 Å². The minimum atomic E-state index is -0.970. The largest absolute Gasteiger partial charge is 0.0695 e. The lowest BCUT2D eigenvalue weighted by molar-refractivity contribution is 1.37. The molecule has 0 aliphatic heterocycles. The van der Waals surface area contributed by atoms with Crippen LogP contribution < -0.4 is 10.6 Å². The quantitative estimate of drug-likeness (QED) is 0.562. The van der Waals surface area contributed by atoms with Gasteiger partial charge in [0.1, 0.15) is 0 Å². The molecule has 2 rings (SSSR count).